The molecule has 0 saturated carbocycles. The molecule has 4 atom stereocenters. The average Bonchev–Trinajstić information content (AvgIpc) is 3.94. The fourth-order valence-electron chi connectivity index (χ4n) is 8.72. The minimum absolute atomic E-state index is 0.0311. The molecule has 5 aromatic rings. The van der Waals surface area contributed by atoms with Crippen LogP contribution >= 0.6 is 15.9 Å². The molecule has 4 aromatic carbocycles. The molecule has 1 fully saturated rings. The number of carbonyl (C=O) groups is 3. The van der Waals surface area contributed by atoms with Gasteiger partial charge >= 0.3 is 11.9 Å². The molecule has 1 saturated heterocycles. The van der Waals surface area contributed by atoms with Crippen molar-refractivity contribution in [1.82, 2.24) is 9.88 Å². The number of nitrogens with zero attached hydrogens (tertiary/aromatic N) is 1. The van der Waals surface area contributed by atoms with Gasteiger partial charge in [0, 0.05) is 58.0 Å². The van der Waals surface area contributed by atoms with Crippen molar-refractivity contribution >= 4 is 44.7 Å². The number of rotatable bonds is 14. The highest BCUT2D eigenvalue weighted by molar-refractivity contribution is 9.10. The number of hydrogen-bond acceptors (Lipinski definition) is 11. The van der Waals surface area contributed by atoms with Crippen molar-refractivity contribution in [1.29, 1.82) is 0 Å². The zero-order chi connectivity index (χ0) is 41.4. The molecular formula is C45H45BrN2O11. The molecule has 8 rings (SSSR count). The van der Waals surface area contributed by atoms with Gasteiger partial charge in [0.2, 0.25) is 18.4 Å². The molecule has 13 nitrogen and oxygen atoms in total. The third-order valence-corrected chi connectivity index (χ3v) is 12.1. The Morgan fingerprint density at radius 1 is 0.847 bits per heavy atom. The lowest BCUT2D eigenvalue weighted by molar-refractivity contribution is -0.155. The van der Waals surface area contributed by atoms with Crippen molar-refractivity contribution in [2.45, 2.75) is 44.8 Å². The highest BCUT2D eigenvalue weighted by atomic mass is 79.9. The zero-order valence-corrected chi connectivity index (χ0v) is 35.0. The number of amides is 1. The second kappa shape index (κ2) is 16.8. The molecular weight excluding hydrogens is 824 g/mol. The van der Waals surface area contributed by atoms with E-state index < -0.39 is 35.8 Å². The molecule has 1 aromatic heterocycles. The number of halogens is 1. The molecule has 0 spiro atoms. The highest BCUT2D eigenvalue weighted by Gasteiger charge is 2.54. The molecule has 0 unspecified atom stereocenters. The highest BCUT2D eigenvalue weighted by Crippen LogP contribution is 2.56. The van der Waals surface area contributed by atoms with Gasteiger partial charge in [0.15, 0.2) is 23.0 Å². The van der Waals surface area contributed by atoms with Crippen LogP contribution in [0, 0.1) is 18.8 Å². The van der Waals surface area contributed by atoms with E-state index >= 15 is 0 Å². The van der Waals surface area contributed by atoms with Crippen molar-refractivity contribution in [2.75, 3.05) is 48.4 Å². The topological polar surface area (TPSA) is 142 Å². The first-order chi connectivity index (χ1) is 28.6. The van der Waals surface area contributed by atoms with Crippen LogP contribution in [0.25, 0.3) is 10.9 Å². The van der Waals surface area contributed by atoms with Gasteiger partial charge in [0.05, 0.1) is 47.4 Å². The minimum atomic E-state index is -0.848. The summed E-state index contributed by atoms with van der Waals surface area (Å²) in [4.78, 5) is 40.3. The van der Waals surface area contributed by atoms with Crippen molar-refractivity contribution in [3.63, 3.8) is 0 Å². The SMILES string of the molecule is COc1ccc2c(c1)c(CCNC(=O)CCC(=O)O[C@@H]1c3cc4c(cc3[C@H](c3cc(OC)c(OC)c(OC)c3)[C@@H]3C(=O)OC[C@H]31)OCO4)c(C)n2Cc1ccc(Br)cc1. The van der Waals surface area contributed by atoms with Crippen LogP contribution < -0.4 is 33.7 Å². The smallest absolute Gasteiger partial charge is 0.310 e. The number of nitrogens with one attached hydrogen (secondary N) is 1. The van der Waals surface area contributed by atoms with Crippen LogP contribution in [-0.4, -0.2) is 70.8 Å². The number of hydrogen-bond donors (Lipinski definition) is 1. The van der Waals surface area contributed by atoms with E-state index in [1.165, 1.54) is 26.9 Å². The standard InChI is InChI=1S/C45H45BrN2O11/c1-24-29(30-18-28(52-2)10-11-34(30)48(24)21-25-6-8-27(46)9-7-25)14-15-47-39(49)12-13-40(50)59-43-32-20-36-35(57-23-58-36)19-31(32)41(42-33(43)22-56-45(42)51)26-16-37(53-3)44(55-5)38(17-26)54-4/h6-11,16-20,33,41-43H,12-15,21-23H2,1-5H3,(H,47,49)/t33-,41+,42-,43-/m1/s1. The molecule has 14 heteroatoms. The summed E-state index contributed by atoms with van der Waals surface area (Å²) in [5, 5.41) is 4.06. The Bertz CT molecular complexity index is 2400. The predicted molar refractivity (Wildman–Crippen MR) is 220 cm³/mol. The Labute approximate surface area is 349 Å². The number of aromatic nitrogens is 1. The van der Waals surface area contributed by atoms with Gasteiger partial charge < -0.3 is 47.8 Å². The van der Waals surface area contributed by atoms with Gasteiger partial charge in [0.25, 0.3) is 0 Å². The molecule has 2 aliphatic heterocycles. The van der Waals surface area contributed by atoms with E-state index in [-0.39, 0.29) is 32.1 Å². The molecule has 3 heterocycles. The van der Waals surface area contributed by atoms with E-state index in [0.29, 0.717) is 59.4 Å². The number of ether oxygens (including phenoxy) is 8. The van der Waals surface area contributed by atoms with Crippen molar-refractivity contribution in [3.8, 4) is 34.5 Å². The van der Waals surface area contributed by atoms with Gasteiger partial charge in [-0.2, -0.15) is 0 Å². The Balaban J connectivity index is 0.977. The Morgan fingerprint density at radius 2 is 1.56 bits per heavy atom. The summed E-state index contributed by atoms with van der Waals surface area (Å²) in [7, 11) is 6.23. The largest absolute Gasteiger partial charge is 0.497 e. The van der Waals surface area contributed by atoms with E-state index in [4.69, 9.17) is 37.9 Å². The molecule has 0 bridgehead atoms. The Morgan fingerprint density at radius 3 is 2.24 bits per heavy atom. The third-order valence-electron chi connectivity index (χ3n) is 11.6. The lowest BCUT2D eigenvalue weighted by Gasteiger charge is -2.38. The summed E-state index contributed by atoms with van der Waals surface area (Å²) >= 11 is 3.52. The van der Waals surface area contributed by atoms with Gasteiger partial charge in [-0.15, -0.1) is 0 Å². The third kappa shape index (κ3) is 7.61. The molecule has 1 N–H and O–H groups in total. The van der Waals surface area contributed by atoms with Crippen LogP contribution in [-0.2, 0) is 36.8 Å². The lowest BCUT2D eigenvalue weighted by atomic mass is 9.66. The summed E-state index contributed by atoms with van der Waals surface area (Å²) in [6, 6.07) is 21.6. The van der Waals surface area contributed by atoms with E-state index in [9.17, 15) is 14.4 Å². The van der Waals surface area contributed by atoms with E-state index in [2.05, 4.69) is 50.9 Å². The maximum atomic E-state index is 13.6. The first-order valence-corrected chi connectivity index (χ1v) is 20.2. The summed E-state index contributed by atoms with van der Waals surface area (Å²) < 4.78 is 49.1. The van der Waals surface area contributed by atoms with Crippen molar-refractivity contribution < 1.29 is 52.3 Å². The number of carbonyl (C=O) groups excluding carboxylic acids is 3. The second-order valence-electron chi connectivity index (χ2n) is 14.8. The molecule has 308 valence electrons. The summed E-state index contributed by atoms with van der Waals surface area (Å²) in [6.07, 6.45) is -0.500. The Hall–Kier alpha value is -5.89. The van der Waals surface area contributed by atoms with Crippen LogP contribution in [0.3, 0.4) is 0 Å². The number of methoxy groups -OCH3 is 4. The van der Waals surface area contributed by atoms with Gasteiger partial charge in [-0.1, -0.05) is 28.1 Å². The number of esters is 2. The monoisotopic (exact) mass is 868 g/mol. The van der Waals surface area contributed by atoms with Gasteiger partial charge in [-0.25, -0.2) is 0 Å². The van der Waals surface area contributed by atoms with E-state index in [0.717, 1.165) is 37.9 Å². The van der Waals surface area contributed by atoms with E-state index in [1.807, 2.05) is 42.5 Å². The molecule has 1 aliphatic carbocycles. The van der Waals surface area contributed by atoms with E-state index in [1.54, 1.807) is 13.2 Å². The fourth-order valence-corrected chi connectivity index (χ4v) is 8.99. The van der Waals surface area contributed by atoms with Crippen LogP contribution in [0.15, 0.2) is 71.2 Å². The Kier molecular flexibility index (Phi) is 11.3. The zero-order valence-electron chi connectivity index (χ0n) is 33.4. The fraction of sp³-hybridized carbons (Fsp3) is 0.356. The number of benzene rings is 4. The number of cyclic esters (lactones) is 1. The average molecular weight is 870 g/mol. The second-order valence-corrected chi connectivity index (χ2v) is 15.7. The van der Waals surface area contributed by atoms with Crippen LogP contribution in [0.1, 0.15) is 58.4 Å². The van der Waals surface area contributed by atoms with Gasteiger partial charge in [0.1, 0.15) is 11.9 Å². The quantitative estimate of drug-likeness (QED) is 0.114. The molecule has 0 radical (unpaired) electrons. The van der Waals surface area contributed by atoms with Crippen LogP contribution in [0.5, 0.6) is 34.5 Å². The maximum absolute atomic E-state index is 13.6. The summed E-state index contributed by atoms with van der Waals surface area (Å²) in [6.45, 7) is 3.23. The molecule has 3 aliphatic rings. The van der Waals surface area contributed by atoms with Gasteiger partial charge in [-0.05, 0) is 90.2 Å². The van der Waals surface area contributed by atoms with Crippen LogP contribution in [0.4, 0.5) is 0 Å². The normalized spacial score (nSPS) is 18.8. The van der Waals surface area contributed by atoms with Gasteiger partial charge in [-0.3, -0.25) is 14.4 Å². The summed E-state index contributed by atoms with van der Waals surface area (Å²) in [5.74, 6) is 0.00710. The van der Waals surface area contributed by atoms with Crippen LogP contribution in [0.2, 0.25) is 0 Å². The first-order valence-electron chi connectivity index (χ1n) is 19.4. The molecule has 59 heavy (non-hydrogen) atoms. The maximum Gasteiger partial charge on any atom is 0.310 e. The molecule has 1 amide bonds. The number of fused-ring (bicyclic) bond motifs is 4. The first kappa shape index (κ1) is 39.9. The predicted octanol–water partition coefficient (Wildman–Crippen LogP) is 7.18. The van der Waals surface area contributed by atoms with Crippen molar-refractivity contribution in [2.24, 2.45) is 11.8 Å². The summed E-state index contributed by atoms with van der Waals surface area (Å²) in [5.41, 5.74) is 6.56. The van der Waals surface area contributed by atoms with Crippen molar-refractivity contribution in [3.05, 3.63) is 105 Å². The minimum Gasteiger partial charge on any atom is -0.497 e. The lowest BCUT2D eigenvalue weighted by Crippen LogP contribution is -2.36.